The largest absolute Gasteiger partial charge is 0.379 e. The molecular formula is C8H15N5O. The third kappa shape index (κ3) is 2.09. The number of nitrogens with two attached hydrogens (primary N) is 1. The van der Waals surface area contributed by atoms with Crippen LogP contribution in [0.2, 0.25) is 0 Å². The number of aromatic amines is 1. The number of H-pyrrole nitrogens is 1. The van der Waals surface area contributed by atoms with E-state index in [0.29, 0.717) is 6.54 Å². The first-order valence-electron chi connectivity index (χ1n) is 4.79. The molecule has 2 rings (SSSR count). The molecule has 0 atom stereocenters. The minimum absolute atomic E-state index is 0.441. The second-order valence-corrected chi connectivity index (χ2v) is 3.33. The molecule has 78 valence electrons. The molecule has 0 aromatic carbocycles. The van der Waals surface area contributed by atoms with Gasteiger partial charge in [-0.25, -0.2) is 0 Å². The van der Waals surface area contributed by atoms with Crippen LogP contribution in [-0.2, 0) is 17.8 Å². The molecular weight excluding hydrogens is 182 g/mol. The predicted octanol–water partition coefficient (Wildman–Crippen LogP) is -0.904. The Morgan fingerprint density at radius 3 is 2.93 bits per heavy atom. The molecule has 1 aliphatic heterocycles. The minimum Gasteiger partial charge on any atom is -0.379 e. The van der Waals surface area contributed by atoms with Crippen LogP contribution < -0.4 is 5.73 Å². The lowest BCUT2D eigenvalue weighted by atomic mass is 10.3. The van der Waals surface area contributed by atoms with Gasteiger partial charge in [0, 0.05) is 26.2 Å². The lowest BCUT2D eigenvalue weighted by Crippen LogP contribution is -2.36. The summed E-state index contributed by atoms with van der Waals surface area (Å²) in [5.41, 5.74) is 7.41. The Morgan fingerprint density at radius 1 is 1.43 bits per heavy atom. The lowest BCUT2D eigenvalue weighted by Gasteiger charge is -2.25. The van der Waals surface area contributed by atoms with Crippen LogP contribution in [0.15, 0.2) is 0 Å². The molecule has 0 bridgehead atoms. The first-order valence-corrected chi connectivity index (χ1v) is 4.79. The average Bonchev–Trinajstić information content (AvgIpc) is 2.67. The molecule has 1 aliphatic rings. The summed E-state index contributed by atoms with van der Waals surface area (Å²) in [5, 5.41) is 10.5. The van der Waals surface area contributed by atoms with Crippen LogP contribution in [0.3, 0.4) is 0 Å². The highest BCUT2D eigenvalue weighted by atomic mass is 16.5. The highest BCUT2D eigenvalue weighted by Gasteiger charge is 2.13. The van der Waals surface area contributed by atoms with E-state index in [4.69, 9.17) is 10.5 Å². The summed E-state index contributed by atoms with van der Waals surface area (Å²) in [6.45, 7) is 4.81. The van der Waals surface area contributed by atoms with Gasteiger partial charge in [0.25, 0.3) is 0 Å². The monoisotopic (exact) mass is 197 g/mol. The van der Waals surface area contributed by atoms with Gasteiger partial charge in [-0.1, -0.05) is 5.21 Å². The zero-order valence-corrected chi connectivity index (χ0v) is 8.07. The molecule has 0 unspecified atom stereocenters. The second kappa shape index (κ2) is 4.50. The van der Waals surface area contributed by atoms with Gasteiger partial charge >= 0.3 is 0 Å². The smallest absolute Gasteiger partial charge is 0.100 e. The normalized spacial score (nSPS) is 18.6. The van der Waals surface area contributed by atoms with E-state index in [9.17, 15) is 0 Å². The molecule has 3 N–H and O–H groups in total. The van der Waals surface area contributed by atoms with Crippen LogP contribution in [-0.4, -0.2) is 46.6 Å². The van der Waals surface area contributed by atoms with E-state index < -0.39 is 0 Å². The summed E-state index contributed by atoms with van der Waals surface area (Å²) >= 11 is 0. The van der Waals surface area contributed by atoms with E-state index in [1.165, 1.54) is 0 Å². The van der Waals surface area contributed by atoms with E-state index in [1.807, 2.05) is 0 Å². The van der Waals surface area contributed by atoms with E-state index in [2.05, 4.69) is 20.3 Å². The number of morpholine rings is 1. The van der Waals surface area contributed by atoms with Crippen LogP contribution >= 0.6 is 0 Å². The van der Waals surface area contributed by atoms with Crippen molar-refractivity contribution < 1.29 is 4.74 Å². The summed E-state index contributed by atoms with van der Waals surface area (Å²) in [6, 6.07) is 0. The summed E-state index contributed by atoms with van der Waals surface area (Å²) in [4.78, 5) is 2.30. The Bertz CT molecular complexity index is 281. The number of nitrogens with one attached hydrogen (secondary N) is 1. The van der Waals surface area contributed by atoms with Crippen molar-refractivity contribution in [1.29, 1.82) is 0 Å². The van der Waals surface area contributed by atoms with Crippen LogP contribution in [0, 0.1) is 0 Å². The van der Waals surface area contributed by atoms with Gasteiger partial charge in [0.2, 0.25) is 0 Å². The Kier molecular flexibility index (Phi) is 3.07. The maximum Gasteiger partial charge on any atom is 0.100 e. The average molecular weight is 197 g/mol. The van der Waals surface area contributed by atoms with Crippen molar-refractivity contribution in [3.63, 3.8) is 0 Å². The maximum atomic E-state index is 5.53. The molecule has 1 fully saturated rings. The summed E-state index contributed by atoms with van der Waals surface area (Å²) in [5.74, 6) is 0. The zero-order valence-electron chi connectivity index (χ0n) is 8.07. The molecule has 2 heterocycles. The number of aromatic nitrogens is 3. The standard InChI is InChI=1S/C8H15N5O/c9-5-7-8(11-12-10-7)6-13-1-3-14-4-2-13/h1-6,9H2,(H,10,11,12). The molecule has 0 spiro atoms. The fraction of sp³-hybridized carbons (Fsp3) is 0.750. The highest BCUT2D eigenvalue weighted by Crippen LogP contribution is 2.06. The van der Waals surface area contributed by atoms with Gasteiger partial charge in [0.1, 0.15) is 5.69 Å². The third-order valence-electron chi connectivity index (χ3n) is 2.38. The van der Waals surface area contributed by atoms with E-state index >= 15 is 0 Å². The van der Waals surface area contributed by atoms with Crippen molar-refractivity contribution >= 4 is 0 Å². The summed E-state index contributed by atoms with van der Waals surface area (Å²) < 4.78 is 5.27. The van der Waals surface area contributed by atoms with Gasteiger partial charge in [0.15, 0.2) is 0 Å². The molecule has 1 aromatic heterocycles. The van der Waals surface area contributed by atoms with Crippen molar-refractivity contribution in [2.75, 3.05) is 26.3 Å². The van der Waals surface area contributed by atoms with E-state index in [1.54, 1.807) is 0 Å². The lowest BCUT2D eigenvalue weighted by molar-refractivity contribution is 0.0335. The molecule has 0 saturated carbocycles. The van der Waals surface area contributed by atoms with E-state index in [0.717, 1.165) is 44.2 Å². The fourth-order valence-electron chi connectivity index (χ4n) is 1.54. The second-order valence-electron chi connectivity index (χ2n) is 3.33. The Balaban J connectivity index is 1.95. The molecule has 6 heteroatoms. The first kappa shape index (κ1) is 9.57. The van der Waals surface area contributed by atoms with E-state index in [-0.39, 0.29) is 0 Å². The van der Waals surface area contributed by atoms with Crippen LogP contribution in [0.1, 0.15) is 11.4 Å². The molecule has 0 aliphatic carbocycles. The topological polar surface area (TPSA) is 80.1 Å². The zero-order chi connectivity index (χ0) is 9.80. The van der Waals surface area contributed by atoms with Gasteiger partial charge in [-0.15, -0.1) is 5.10 Å². The SMILES string of the molecule is NCc1nn[nH]c1CN1CCOCC1. The summed E-state index contributed by atoms with van der Waals surface area (Å²) in [6.07, 6.45) is 0. The van der Waals surface area contributed by atoms with Gasteiger partial charge < -0.3 is 10.5 Å². The van der Waals surface area contributed by atoms with Crippen LogP contribution in [0.25, 0.3) is 0 Å². The first-order chi connectivity index (χ1) is 6.90. The Labute approximate surface area is 82.4 Å². The Hall–Kier alpha value is -0.980. The van der Waals surface area contributed by atoms with Gasteiger partial charge in [0.05, 0.1) is 18.9 Å². The van der Waals surface area contributed by atoms with Gasteiger partial charge in [-0.3, -0.25) is 10.00 Å². The molecule has 14 heavy (non-hydrogen) atoms. The van der Waals surface area contributed by atoms with Crippen LogP contribution in [0.5, 0.6) is 0 Å². The fourth-order valence-corrected chi connectivity index (χ4v) is 1.54. The molecule has 6 nitrogen and oxygen atoms in total. The molecule has 0 amide bonds. The van der Waals surface area contributed by atoms with Gasteiger partial charge in [-0.05, 0) is 0 Å². The quantitative estimate of drug-likeness (QED) is 0.656. The number of ether oxygens (including phenoxy) is 1. The molecule has 0 radical (unpaired) electrons. The molecule has 1 saturated heterocycles. The van der Waals surface area contributed by atoms with Crippen molar-refractivity contribution in [3.8, 4) is 0 Å². The van der Waals surface area contributed by atoms with Crippen molar-refractivity contribution in [1.82, 2.24) is 20.3 Å². The number of rotatable bonds is 3. The highest BCUT2D eigenvalue weighted by molar-refractivity contribution is 5.07. The Morgan fingerprint density at radius 2 is 2.21 bits per heavy atom. The van der Waals surface area contributed by atoms with Crippen LogP contribution in [0.4, 0.5) is 0 Å². The maximum absolute atomic E-state index is 5.53. The molecule has 1 aromatic rings. The predicted molar refractivity (Wildman–Crippen MR) is 50.4 cm³/mol. The van der Waals surface area contributed by atoms with Crippen molar-refractivity contribution in [2.24, 2.45) is 5.73 Å². The third-order valence-corrected chi connectivity index (χ3v) is 2.38. The summed E-state index contributed by atoms with van der Waals surface area (Å²) in [7, 11) is 0. The minimum atomic E-state index is 0.441. The van der Waals surface area contributed by atoms with Gasteiger partial charge in [-0.2, -0.15) is 0 Å². The van der Waals surface area contributed by atoms with Crippen molar-refractivity contribution in [3.05, 3.63) is 11.4 Å². The van der Waals surface area contributed by atoms with Crippen molar-refractivity contribution in [2.45, 2.75) is 13.1 Å². The number of nitrogens with zero attached hydrogens (tertiary/aromatic N) is 3. The number of hydrogen-bond acceptors (Lipinski definition) is 5. The number of hydrogen-bond donors (Lipinski definition) is 2.